The number of fused-ring (bicyclic) bond motifs is 3. The summed E-state index contributed by atoms with van der Waals surface area (Å²) in [6, 6.07) is 7.17. The first kappa shape index (κ1) is 17.1. The van der Waals surface area contributed by atoms with E-state index < -0.39 is 23.7 Å². The maximum Gasteiger partial charge on any atom is 0.332 e. The van der Waals surface area contributed by atoms with Crippen LogP contribution in [-0.2, 0) is 18.4 Å². The lowest BCUT2D eigenvalue weighted by molar-refractivity contribution is -0.118. The van der Waals surface area contributed by atoms with Crippen molar-refractivity contribution in [1.82, 2.24) is 23.1 Å². The molecule has 10 heteroatoms. The molecular formula is C17H15ClN6O3. The zero-order valence-electron chi connectivity index (χ0n) is 14.5. The molecule has 0 aliphatic heterocycles. The fraction of sp³-hybridized carbons (Fsp3) is 0.176. The van der Waals surface area contributed by atoms with E-state index in [1.54, 1.807) is 22.7 Å². The number of imidazole rings is 2. The van der Waals surface area contributed by atoms with Gasteiger partial charge in [-0.15, -0.1) is 0 Å². The predicted molar refractivity (Wildman–Crippen MR) is 100 cm³/mol. The van der Waals surface area contributed by atoms with Crippen molar-refractivity contribution in [3.8, 4) is 5.69 Å². The summed E-state index contributed by atoms with van der Waals surface area (Å²) < 4.78 is 5.50. The van der Waals surface area contributed by atoms with Crippen molar-refractivity contribution in [3.63, 3.8) is 0 Å². The van der Waals surface area contributed by atoms with Gasteiger partial charge in [-0.3, -0.25) is 23.1 Å². The number of nitrogens with two attached hydrogens (primary N) is 1. The van der Waals surface area contributed by atoms with E-state index in [1.807, 2.05) is 23.6 Å². The number of aromatic nitrogens is 5. The van der Waals surface area contributed by atoms with Gasteiger partial charge in [-0.1, -0.05) is 11.6 Å². The molecule has 4 rings (SSSR count). The summed E-state index contributed by atoms with van der Waals surface area (Å²) in [6.45, 7) is 1.38. The summed E-state index contributed by atoms with van der Waals surface area (Å²) >= 11 is 5.96. The van der Waals surface area contributed by atoms with Crippen LogP contribution in [0.5, 0.6) is 0 Å². The Labute approximate surface area is 156 Å². The molecule has 4 aromatic rings. The maximum atomic E-state index is 12.9. The number of amides is 1. The summed E-state index contributed by atoms with van der Waals surface area (Å²) in [5.41, 5.74) is 5.97. The van der Waals surface area contributed by atoms with E-state index in [0.29, 0.717) is 10.8 Å². The number of carbonyl (C=O) groups excluding carboxylic acids is 1. The Bertz CT molecular complexity index is 1340. The third-order valence-electron chi connectivity index (χ3n) is 4.42. The number of rotatable bonds is 3. The van der Waals surface area contributed by atoms with Crippen LogP contribution in [0.2, 0.25) is 5.02 Å². The lowest BCUT2D eigenvalue weighted by atomic mass is 10.3. The molecule has 1 aromatic carbocycles. The number of primary amides is 1. The Hall–Kier alpha value is -3.33. The van der Waals surface area contributed by atoms with E-state index in [4.69, 9.17) is 17.3 Å². The molecular weight excluding hydrogens is 372 g/mol. The molecule has 0 saturated heterocycles. The van der Waals surface area contributed by atoms with Crippen LogP contribution in [-0.4, -0.2) is 29.0 Å². The lowest BCUT2D eigenvalue weighted by Crippen LogP contribution is -2.42. The number of halogens is 1. The second kappa shape index (κ2) is 5.85. The van der Waals surface area contributed by atoms with E-state index in [2.05, 4.69) is 4.98 Å². The molecule has 9 nitrogen and oxygen atoms in total. The number of hydrogen-bond acceptors (Lipinski definition) is 4. The third kappa shape index (κ3) is 2.47. The van der Waals surface area contributed by atoms with Gasteiger partial charge in [-0.2, -0.15) is 4.98 Å². The molecule has 0 spiro atoms. The minimum absolute atomic E-state index is 0.198. The van der Waals surface area contributed by atoms with Crippen molar-refractivity contribution >= 4 is 34.4 Å². The van der Waals surface area contributed by atoms with Crippen LogP contribution in [0.4, 0.5) is 0 Å². The van der Waals surface area contributed by atoms with Crippen molar-refractivity contribution in [2.45, 2.75) is 13.5 Å². The molecule has 0 aliphatic rings. The molecule has 0 saturated carbocycles. The number of benzene rings is 1. The second-order valence-electron chi connectivity index (χ2n) is 6.24. The Morgan fingerprint density at radius 2 is 1.89 bits per heavy atom. The Balaban J connectivity index is 2.12. The van der Waals surface area contributed by atoms with Crippen LogP contribution in [0.25, 0.3) is 22.6 Å². The highest BCUT2D eigenvalue weighted by Crippen LogP contribution is 2.22. The van der Waals surface area contributed by atoms with Crippen molar-refractivity contribution in [2.24, 2.45) is 12.8 Å². The first-order valence-corrected chi connectivity index (χ1v) is 8.41. The average molecular weight is 387 g/mol. The van der Waals surface area contributed by atoms with Gasteiger partial charge in [0.05, 0.1) is 0 Å². The molecule has 0 radical (unpaired) electrons. The molecule has 0 fully saturated rings. The van der Waals surface area contributed by atoms with Gasteiger partial charge in [0, 0.05) is 29.6 Å². The van der Waals surface area contributed by atoms with Crippen LogP contribution >= 0.6 is 11.6 Å². The molecule has 3 aromatic heterocycles. The standard InChI is InChI=1S/C17H15ClN6O3/c1-9-7-22-13-14(21(2)17(27)23(15(13)26)8-12(19)25)20-16(22)24(9)11-5-3-10(18)4-6-11/h3-7H,8H2,1-2H3,(H2,19,25). The highest BCUT2D eigenvalue weighted by molar-refractivity contribution is 6.30. The number of carbonyl (C=O) groups is 1. The smallest absolute Gasteiger partial charge is 0.332 e. The molecule has 3 heterocycles. The number of hydrogen-bond donors (Lipinski definition) is 1. The quantitative estimate of drug-likeness (QED) is 0.555. The van der Waals surface area contributed by atoms with Crippen LogP contribution < -0.4 is 17.0 Å². The first-order chi connectivity index (χ1) is 12.8. The van der Waals surface area contributed by atoms with Gasteiger partial charge in [-0.25, -0.2) is 9.36 Å². The second-order valence-corrected chi connectivity index (χ2v) is 6.67. The summed E-state index contributed by atoms with van der Waals surface area (Å²) in [5, 5.41) is 0.602. The molecule has 0 atom stereocenters. The fourth-order valence-electron chi connectivity index (χ4n) is 3.22. The Kier molecular flexibility index (Phi) is 3.70. The topological polar surface area (TPSA) is 109 Å². The monoisotopic (exact) mass is 386 g/mol. The number of aryl methyl sites for hydroxylation is 2. The molecule has 0 unspecified atom stereocenters. The number of nitrogens with zero attached hydrogens (tertiary/aromatic N) is 5. The zero-order valence-corrected chi connectivity index (χ0v) is 15.3. The van der Waals surface area contributed by atoms with Gasteiger partial charge in [0.25, 0.3) is 5.56 Å². The molecule has 1 amide bonds. The lowest BCUT2D eigenvalue weighted by Gasteiger charge is -2.06. The van der Waals surface area contributed by atoms with E-state index in [0.717, 1.165) is 15.9 Å². The highest BCUT2D eigenvalue weighted by Gasteiger charge is 2.21. The molecule has 2 N–H and O–H groups in total. The van der Waals surface area contributed by atoms with Crippen molar-refractivity contribution in [1.29, 1.82) is 0 Å². The van der Waals surface area contributed by atoms with Gasteiger partial charge >= 0.3 is 5.69 Å². The van der Waals surface area contributed by atoms with Gasteiger partial charge in [0.15, 0.2) is 11.2 Å². The van der Waals surface area contributed by atoms with Gasteiger partial charge in [0.1, 0.15) is 6.54 Å². The highest BCUT2D eigenvalue weighted by atomic mass is 35.5. The normalized spacial score (nSPS) is 11.5. The van der Waals surface area contributed by atoms with Gasteiger partial charge in [-0.05, 0) is 31.2 Å². The maximum absolute atomic E-state index is 12.9. The summed E-state index contributed by atoms with van der Waals surface area (Å²) in [7, 11) is 1.49. The fourth-order valence-corrected chi connectivity index (χ4v) is 3.34. The average Bonchev–Trinajstić information content (AvgIpc) is 3.12. The van der Waals surface area contributed by atoms with Gasteiger partial charge in [0.2, 0.25) is 11.7 Å². The van der Waals surface area contributed by atoms with E-state index in [1.165, 1.54) is 11.6 Å². The van der Waals surface area contributed by atoms with Crippen molar-refractivity contribution in [3.05, 3.63) is 62.0 Å². The van der Waals surface area contributed by atoms with Crippen molar-refractivity contribution in [2.75, 3.05) is 0 Å². The minimum atomic E-state index is -0.774. The zero-order chi connectivity index (χ0) is 19.5. The molecule has 0 aliphatic carbocycles. The van der Waals surface area contributed by atoms with E-state index in [9.17, 15) is 14.4 Å². The largest absolute Gasteiger partial charge is 0.368 e. The molecule has 0 bridgehead atoms. The predicted octanol–water partition coefficient (Wildman–Crippen LogP) is 0.586. The van der Waals surface area contributed by atoms with Crippen LogP contribution in [0.15, 0.2) is 40.1 Å². The first-order valence-electron chi connectivity index (χ1n) is 8.03. The van der Waals surface area contributed by atoms with Crippen LogP contribution in [0.3, 0.4) is 0 Å². The van der Waals surface area contributed by atoms with E-state index >= 15 is 0 Å². The summed E-state index contributed by atoms with van der Waals surface area (Å²) in [4.78, 5) is 41.1. The van der Waals surface area contributed by atoms with Crippen LogP contribution in [0, 0.1) is 6.92 Å². The van der Waals surface area contributed by atoms with Gasteiger partial charge < -0.3 is 5.73 Å². The Morgan fingerprint density at radius 3 is 2.52 bits per heavy atom. The summed E-state index contributed by atoms with van der Waals surface area (Å²) in [6.07, 6.45) is 1.75. The SMILES string of the molecule is Cc1cn2c3c(=O)n(CC(N)=O)c(=O)n(C)c3nc2n1-c1ccc(Cl)cc1. The molecule has 27 heavy (non-hydrogen) atoms. The Morgan fingerprint density at radius 1 is 1.22 bits per heavy atom. The third-order valence-corrected chi connectivity index (χ3v) is 4.68. The summed E-state index contributed by atoms with van der Waals surface area (Å²) in [5.74, 6) is -0.307. The minimum Gasteiger partial charge on any atom is -0.368 e. The van der Waals surface area contributed by atoms with Crippen LogP contribution in [0.1, 0.15) is 5.69 Å². The molecule has 138 valence electrons. The van der Waals surface area contributed by atoms with E-state index in [-0.39, 0.29) is 11.2 Å². The van der Waals surface area contributed by atoms with Crippen molar-refractivity contribution < 1.29 is 4.79 Å².